The minimum atomic E-state index is -4.90. The van der Waals surface area contributed by atoms with Crippen molar-refractivity contribution in [2.45, 2.75) is 32.6 Å². The number of amides is 2. The highest BCUT2D eigenvalue weighted by molar-refractivity contribution is 6.05. The summed E-state index contributed by atoms with van der Waals surface area (Å²) in [5.74, 6) is -3.87. The van der Waals surface area contributed by atoms with Crippen molar-refractivity contribution in [1.29, 1.82) is 0 Å². The van der Waals surface area contributed by atoms with Crippen LogP contribution in [0.15, 0.2) is 60.7 Å². The van der Waals surface area contributed by atoms with Crippen molar-refractivity contribution >= 4 is 23.5 Å². The summed E-state index contributed by atoms with van der Waals surface area (Å²) in [7, 11) is 0. The van der Waals surface area contributed by atoms with Crippen LogP contribution in [-0.2, 0) is 17.5 Å². The van der Waals surface area contributed by atoms with E-state index in [1.807, 2.05) is 0 Å². The largest absolute Gasteiger partial charge is 0.480 e. The van der Waals surface area contributed by atoms with Crippen LogP contribution in [0.2, 0.25) is 0 Å². The van der Waals surface area contributed by atoms with Gasteiger partial charge in [-0.05, 0) is 59.0 Å². The minimum absolute atomic E-state index is 0.192. The number of halogens is 4. The number of hydrogen-bond acceptors (Lipinski definition) is 3. The molecule has 0 saturated heterocycles. The molecule has 0 aromatic heterocycles. The molecule has 0 radical (unpaired) electrons. The summed E-state index contributed by atoms with van der Waals surface area (Å²) < 4.78 is 53.0. The molecule has 3 aromatic carbocycles. The lowest BCUT2D eigenvalue weighted by atomic mass is 10.00. The van der Waals surface area contributed by atoms with Gasteiger partial charge in [0.25, 0.3) is 11.8 Å². The van der Waals surface area contributed by atoms with Crippen LogP contribution in [0.1, 0.15) is 45.7 Å². The van der Waals surface area contributed by atoms with E-state index in [0.29, 0.717) is 22.3 Å². The molecule has 0 bridgehead atoms. The number of carboxylic acids is 1. The van der Waals surface area contributed by atoms with Gasteiger partial charge in [-0.1, -0.05) is 38.1 Å². The van der Waals surface area contributed by atoms with E-state index in [2.05, 4.69) is 5.32 Å². The second-order valence-corrected chi connectivity index (χ2v) is 9.05. The van der Waals surface area contributed by atoms with Crippen LogP contribution in [0.4, 0.5) is 23.2 Å². The number of rotatable bonds is 6. The lowest BCUT2D eigenvalue weighted by Crippen LogP contribution is -2.44. The molecule has 2 amide bonds. The van der Waals surface area contributed by atoms with Crippen LogP contribution in [0, 0.1) is 11.7 Å². The van der Waals surface area contributed by atoms with Gasteiger partial charge in [-0.3, -0.25) is 9.59 Å². The van der Waals surface area contributed by atoms with Gasteiger partial charge in [-0.15, -0.1) is 0 Å². The van der Waals surface area contributed by atoms with E-state index in [1.165, 1.54) is 17.0 Å². The number of hydrogen-bond donors (Lipinski definition) is 2. The summed E-state index contributed by atoms with van der Waals surface area (Å²) in [6.45, 7) is 3.67. The fourth-order valence-corrected chi connectivity index (χ4v) is 4.40. The second kappa shape index (κ2) is 9.68. The molecule has 37 heavy (non-hydrogen) atoms. The molecular formula is C27H22F4N2O4. The number of carbonyl (C=O) groups is 3. The number of anilines is 1. The van der Waals surface area contributed by atoms with E-state index in [0.717, 1.165) is 12.1 Å². The Bertz CT molecular complexity index is 1380. The zero-order valence-electron chi connectivity index (χ0n) is 19.8. The Morgan fingerprint density at radius 1 is 0.973 bits per heavy atom. The van der Waals surface area contributed by atoms with Gasteiger partial charge in [-0.25, -0.2) is 9.18 Å². The molecule has 10 heteroatoms. The lowest BCUT2D eigenvalue weighted by Gasteiger charge is -2.27. The molecule has 0 fully saturated rings. The number of carbonyl (C=O) groups excluding carboxylic acids is 2. The zero-order chi connectivity index (χ0) is 27.1. The Labute approximate surface area is 209 Å². The first-order valence-electron chi connectivity index (χ1n) is 11.3. The Hall–Kier alpha value is -4.21. The highest BCUT2D eigenvalue weighted by Gasteiger charge is 2.38. The highest BCUT2D eigenvalue weighted by Crippen LogP contribution is 2.34. The van der Waals surface area contributed by atoms with E-state index < -0.39 is 41.0 Å². The SMILES string of the molecule is CC(C)C(C(=O)O)N1Cc2ccc(-c3ccc(NC(=O)c4ccc(F)cc4C(F)(F)F)cc3)cc2C1=O. The lowest BCUT2D eigenvalue weighted by molar-refractivity contribution is -0.144. The first kappa shape index (κ1) is 25.9. The molecule has 192 valence electrons. The molecule has 4 rings (SSSR count). The number of carboxylic acid groups (broad SMARTS) is 1. The van der Waals surface area contributed by atoms with Crippen molar-refractivity contribution in [1.82, 2.24) is 4.90 Å². The molecule has 1 unspecified atom stereocenters. The summed E-state index contributed by atoms with van der Waals surface area (Å²) in [5.41, 5.74) is 0.587. The fourth-order valence-electron chi connectivity index (χ4n) is 4.40. The van der Waals surface area contributed by atoms with Crippen LogP contribution < -0.4 is 5.32 Å². The summed E-state index contributed by atoms with van der Waals surface area (Å²) >= 11 is 0. The normalized spacial score (nSPS) is 14.0. The molecule has 1 heterocycles. The predicted octanol–water partition coefficient (Wildman–Crippen LogP) is 5.83. The molecule has 1 aliphatic heterocycles. The quantitative estimate of drug-likeness (QED) is 0.406. The molecular weight excluding hydrogens is 492 g/mol. The van der Waals surface area contributed by atoms with Crippen LogP contribution >= 0.6 is 0 Å². The van der Waals surface area contributed by atoms with Gasteiger partial charge in [-0.2, -0.15) is 13.2 Å². The molecule has 3 aromatic rings. The van der Waals surface area contributed by atoms with Crippen molar-refractivity contribution in [3.63, 3.8) is 0 Å². The van der Waals surface area contributed by atoms with E-state index in [-0.39, 0.29) is 30.1 Å². The maximum atomic E-state index is 13.3. The van der Waals surface area contributed by atoms with Crippen LogP contribution in [-0.4, -0.2) is 33.8 Å². The Kier molecular flexibility index (Phi) is 6.77. The Morgan fingerprint density at radius 2 is 1.62 bits per heavy atom. The average Bonchev–Trinajstić information content (AvgIpc) is 3.13. The number of aliphatic carboxylic acids is 1. The molecule has 0 aliphatic carbocycles. The summed E-state index contributed by atoms with van der Waals surface area (Å²) in [4.78, 5) is 38.5. The van der Waals surface area contributed by atoms with Gasteiger partial charge in [0.2, 0.25) is 0 Å². The number of nitrogens with one attached hydrogen (secondary N) is 1. The van der Waals surface area contributed by atoms with Gasteiger partial charge in [0.1, 0.15) is 11.9 Å². The molecule has 1 atom stereocenters. The first-order valence-corrected chi connectivity index (χ1v) is 11.3. The van der Waals surface area contributed by atoms with Crippen molar-refractivity contribution in [2.24, 2.45) is 5.92 Å². The summed E-state index contributed by atoms with van der Waals surface area (Å²) in [5, 5.41) is 11.9. The van der Waals surface area contributed by atoms with Gasteiger partial charge in [0.15, 0.2) is 0 Å². The highest BCUT2D eigenvalue weighted by atomic mass is 19.4. The van der Waals surface area contributed by atoms with Gasteiger partial charge < -0.3 is 15.3 Å². The zero-order valence-corrected chi connectivity index (χ0v) is 19.8. The van der Waals surface area contributed by atoms with Crippen LogP contribution in [0.5, 0.6) is 0 Å². The molecule has 0 spiro atoms. The molecule has 1 aliphatic rings. The number of benzene rings is 3. The Balaban J connectivity index is 1.54. The first-order chi connectivity index (χ1) is 17.4. The summed E-state index contributed by atoms with van der Waals surface area (Å²) in [6.07, 6.45) is -4.90. The van der Waals surface area contributed by atoms with Crippen molar-refractivity contribution < 1.29 is 37.1 Å². The van der Waals surface area contributed by atoms with Gasteiger partial charge >= 0.3 is 12.1 Å². The van der Waals surface area contributed by atoms with Crippen molar-refractivity contribution in [3.8, 4) is 11.1 Å². The van der Waals surface area contributed by atoms with Gasteiger partial charge in [0.05, 0.1) is 11.1 Å². The molecule has 2 N–H and O–H groups in total. The third-order valence-electron chi connectivity index (χ3n) is 6.17. The number of fused-ring (bicyclic) bond motifs is 1. The third kappa shape index (κ3) is 5.18. The second-order valence-electron chi connectivity index (χ2n) is 9.05. The minimum Gasteiger partial charge on any atom is -0.480 e. The predicted molar refractivity (Wildman–Crippen MR) is 127 cm³/mol. The van der Waals surface area contributed by atoms with E-state index in [9.17, 15) is 37.1 Å². The number of alkyl halides is 3. The standard InChI is InChI=1S/C27H22F4N2O4/c1-14(2)23(26(36)37)33-13-17-4-3-16(11-21(17)25(33)35)15-5-8-19(9-6-15)32-24(34)20-10-7-18(28)12-22(20)27(29,30)31/h3-12,14,23H,13H2,1-2H3,(H,32,34)(H,36,37). The maximum absolute atomic E-state index is 13.3. The maximum Gasteiger partial charge on any atom is 0.417 e. The average molecular weight is 514 g/mol. The van der Waals surface area contributed by atoms with E-state index in [4.69, 9.17) is 0 Å². The third-order valence-corrected chi connectivity index (χ3v) is 6.17. The van der Waals surface area contributed by atoms with Crippen LogP contribution in [0.3, 0.4) is 0 Å². The van der Waals surface area contributed by atoms with Crippen molar-refractivity contribution in [2.75, 3.05) is 5.32 Å². The molecule has 0 saturated carbocycles. The van der Waals surface area contributed by atoms with E-state index in [1.54, 1.807) is 44.2 Å². The Morgan fingerprint density at radius 3 is 2.22 bits per heavy atom. The van der Waals surface area contributed by atoms with Gasteiger partial charge in [0, 0.05) is 17.8 Å². The number of nitrogens with zero attached hydrogens (tertiary/aromatic N) is 1. The fraction of sp³-hybridized carbons (Fsp3) is 0.222. The monoisotopic (exact) mass is 514 g/mol. The van der Waals surface area contributed by atoms with E-state index >= 15 is 0 Å². The smallest absolute Gasteiger partial charge is 0.417 e. The molecule has 6 nitrogen and oxygen atoms in total. The summed E-state index contributed by atoms with van der Waals surface area (Å²) in [6, 6.07) is 12.3. The van der Waals surface area contributed by atoms with Crippen molar-refractivity contribution in [3.05, 3.63) is 88.7 Å². The van der Waals surface area contributed by atoms with Crippen LogP contribution in [0.25, 0.3) is 11.1 Å². The topological polar surface area (TPSA) is 86.7 Å².